The number of carbonyl (C=O) groups is 1. The van der Waals surface area contributed by atoms with Gasteiger partial charge in [0.1, 0.15) is 12.4 Å². The largest absolute Gasteiger partial charge is 0.491 e. The summed E-state index contributed by atoms with van der Waals surface area (Å²) in [5.74, 6) is -0.0807. The second kappa shape index (κ2) is 15.3. The maximum atomic E-state index is 12.5. The zero-order chi connectivity index (χ0) is 30.8. The monoisotopic (exact) mass is 609 g/mol. The Hall–Kier alpha value is -3.56. The molecule has 4 rings (SSSR count). The highest BCUT2D eigenvalue weighted by Gasteiger charge is 2.22. The number of aliphatic carboxylic acids is 1. The van der Waals surface area contributed by atoms with Gasteiger partial charge < -0.3 is 29.4 Å². The Morgan fingerprint density at radius 1 is 0.953 bits per heavy atom. The highest BCUT2D eigenvalue weighted by molar-refractivity contribution is 7.53. The second-order valence-electron chi connectivity index (χ2n) is 10.1. The summed E-state index contributed by atoms with van der Waals surface area (Å²) >= 11 is 0. The van der Waals surface area contributed by atoms with Gasteiger partial charge in [0, 0.05) is 28.6 Å². The third-order valence-electron chi connectivity index (χ3n) is 7.09. The predicted molar refractivity (Wildman–Crippen MR) is 168 cm³/mol. The van der Waals surface area contributed by atoms with Crippen LogP contribution in [0.15, 0.2) is 48.7 Å². The van der Waals surface area contributed by atoms with E-state index in [0.717, 1.165) is 57.2 Å². The fourth-order valence-electron chi connectivity index (χ4n) is 4.97. The quantitative estimate of drug-likeness (QED) is 0.0620. The number of aromatic nitrogens is 2. The van der Waals surface area contributed by atoms with Gasteiger partial charge in [-0.3, -0.25) is 19.3 Å². The first-order valence-electron chi connectivity index (χ1n) is 14.6. The van der Waals surface area contributed by atoms with Crippen LogP contribution in [0.3, 0.4) is 0 Å². The van der Waals surface area contributed by atoms with Crippen molar-refractivity contribution in [1.29, 1.82) is 0 Å². The van der Waals surface area contributed by atoms with Crippen molar-refractivity contribution in [2.24, 2.45) is 0 Å². The molecule has 2 aromatic carbocycles. The molecule has 0 saturated heterocycles. The summed E-state index contributed by atoms with van der Waals surface area (Å²) in [4.78, 5) is 20.5. The molecule has 0 aliphatic rings. The normalized spacial score (nSPS) is 11.8. The Morgan fingerprint density at radius 3 is 2.44 bits per heavy atom. The molecule has 0 aliphatic carbocycles. The van der Waals surface area contributed by atoms with Crippen LogP contribution >= 0.6 is 7.60 Å². The minimum atomic E-state index is -3.09. The molecule has 0 amide bonds. The Bertz CT molecular complexity index is 1600. The van der Waals surface area contributed by atoms with Crippen LogP contribution in [0.5, 0.6) is 5.75 Å². The van der Waals surface area contributed by atoms with E-state index in [1.807, 2.05) is 36.4 Å². The van der Waals surface area contributed by atoms with Crippen LogP contribution in [0.25, 0.3) is 21.8 Å². The van der Waals surface area contributed by atoms with Gasteiger partial charge in [-0.1, -0.05) is 18.2 Å². The van der Waals surface area contributed by atoms with E-state index >= 15 is 0 Å². The van der Waals surface area contributed by atoms with Gasteiger partial charge in [0.05, 0.1) is 49.8 Å². The van der Waals surface area contributed by atoms with Gasteiger partial charge in [-0.2, -0.15) is 0 Å². The fraction of sp³-hybridized carbons (Fsp3) is 0.406. The van der Waals surface area contributed by atoms with E-state index in [4.69, 9.17) is 34.3 Å². The van der Waals surface area contributed by atoms with Gasteiger partial charge in [0.15, 0.2) is 0 Å². The lowest BCUT2D eigenvalue weighted by Gasteiger charge is -2.16. The first-order valence-corrected chi connectivity index (χ1v) is 16.3. The molecular formula is C32H40N3O7P. The van der Waals surface area contributed by atoms with Gasteiger partial charge in [-0.05, 0) is 81.0 Å². The minimum Gasteiger partial charge on any atom is -0.491 e. The molecule has 43 heavy (non-hydrogen) atoms. The van der Waals surface area contributed by atoms with Crippen LogP contribution in [0.4, 0.5) is 5.69 Å². The lowest BCUT2D eigenvalue weighted by Crippen LogP contribution is -2.11. The molecule has 0 radical (unpaired) electrons. The zero-order valence-electron chi connectivity index (χ0n) is 25.0. The Balaban J connectivity index is 1.32. The Kier molecular flexibility index (Phi) is 11.5. The highest BCUT2D eigenvalue weighted by Crippen LogP contribution is 2.47. The molecule has 0 bridgehead atoms. The van der Waals surface area contributed by atoms with Crippen LogP contribution < -0.4 is 10.5 Å². The van der Waals surface area contributed by atoms with E-state index in [0.29, 0.717) is 38.5 Å². The van der Waals surface area contributed by atoms with Crippen molar-refractivity contribution in [2.45, 2.75) is 46.5 Å². The molecule has 0 fully saturated rings. The molecule has 10 nitrogen and oxygen atoms in total. The molecule has 0 aliphatic heterocycles. The summed E-state index contributed by atoms with van der Waals surface area (Å²) in [6.07, 6.45) is 3.95. The maximum Gasteiger partial charge on any atom is 0.332 e. The summed E-state index contributed by atoms with van der Waals surface area (Å²) in [6.45, 7) is 7.31. The average Bonchev–Trinajstić information content (AvgIpc) is 2.98. The van der Waals surface area contributed by atoms with Crippen molar-refractivity contribution in [3.05, 3.63) is 71.0 Å². The number of nitrogens with two attached hydrogens (primary N) is 1. The maximum absolute atomic E-state index is 12.5. The van der Waals surface area contributed by atoms with Crippen LogP contribution in [0.1, 0.15) is 42.7 Å². The number of nitrogen functional groups attached to an aromatic ring is 1. The number of carboxylic acid groups (broad SMARTS) is 1. The summed E-state index contributed by atoms with van der Waals surface area (Å²) in [6, 6.07) is 13.7. The molecule has 11 heteroatoms. The van der Waals surface area contributed by atoms with Gasteiger partial charge in [0.2, 0.25) is 0 Å². The zero-order valence-corrected chi connectivity index (χ0v) is 25.9. The number of nitrogens with zero attached hydrogens (tertiary/aromatic N) is 2. The molecule has 2 heterocycles. The molecule has 0 atom stereocenters. The number of ether oxygens (including phenoxy) is 2. The van der Waals surface area contributed by atoms with E-state index < -0.39 is 13.6 Å². The topological polar surface area (TPSA) is 143 Å². The number of anilines is 1. The van der Waals surface area contributed by atoms with Gasteiger partial charge in [-0.15, -0.1) is 0 Å². The highest BCUT2D eigenvalue weighted by atomic mass is 31.2. The summed E-state index contributed by atoms with van der Waals surface area (Å²) in [5, 5.41) is 10.8. The number of hydrogen-bond acceptors (Lipinski definition) is 9. The minimum absolute atomic E-state index is 0.0343. The smallest absolute Gasteiger partial charge is 0.332 e. The van der Waals surface area contributed by atoms with Crippen molar-refractivity contribution in [3.8, 4) is 5.75 Å². The summed E-state index contributed by atoms with van der Waals surface area (Å²) < 4.78 is 34.4. The van der Waals surface area contributed by atoms with E-state index in [2.05, 4.69) is 18.0 Å². The third-order valence-corrected chi connectivity index (χ3v) is 9.13. The predicted octanol–water partition coefficient (Wildman–Crippen LogP) is 6.14. The molecule has 3 N–H and O–H groups in total. The Morgan fingerprint density at radius 2 is 1.72 bits per heavy atom. The molecule has 0 unspecified atom stereocenters. The number of benzene rings is 2. The molecule has 0 spiro atoms. The second-order valence-corrected chi connectivity index (χ2v) is 12.3. The van der Waals surface area contributed by atoms with Crippen LogP contribution in [-0.2, 0) is 42.4 Å². The number of carboxylic acids is 1. The summed E-state index contributed by atoms with van der Waals surface area (Å²) in [5.41, 5.74) is 12.5. The van der Waals surface area contributed by atoms with Gasteiger partial charge in [0.25, 0.3) is 0 Å². The van der Waals surface area contributed by atoms with Crippen LogP contribution in [-0.4, -0.2) is 60.2 Å². The number of fused-ring (bicyclic) bond motifs is 3. The van der Waals surface area contributed by atoms with Gasteiger partial charge >= 0.3 is 13.6 Å². The third kappa shape index (κ3) is 8.74. The Labute approximate surface area is 252 Å². The van der Waals surface area contributed by atoms with E-state index in [1.54, 1.807) is 20.0 Å². The number of pyridine rings is 2. The van der Waals surface area contributed by atoms with Crippen molar-refractivity contribution in [1.82, 2.24) is 9.97 Å². The number of rotatable bonds is 17. The first kappa shape index (κ1) is 32.4. The van der Waals surface area contributed by atoms with E-state index in [-0.39, 0.29) is 19.2 Å². The molecule has 230 valence electrons. The molecule has 2 aromatic heterocycles. The number of hydrogen-bond donors (Lipinski definition) is 2. The van der Waals surface area contributed by atoms with Crippen molar-refractivity contribution in [3.63, 3.8) is 0 Å². The van der Waals surface area contributed by atoms with Crippen molar-refractivity contribution in [2.75, 3.05) is 44.9 Å². The SMILES string of the molecule is CCOP(=O)(CCOCCOc1ccc(CCc2ccc3c(cnc4c(CCC(=O)O)ccc(N)c43)n2)c(C)c1)OCC. The van der Waals surface area contributed by atoms with Crippen molar-refractivity contribution >= 4 is 41.1 Å². The van der Waals surface area contributed by atoms with E-state index in [9.17, 15) is 9.36 Å². The lowest BCUT2D eigenvalue weighted by atomic mass is 10.00. The summed E-state index contributed by atoms with van der Waals surface area (Å²) in [7, 11) is -3.09. The molecule has 0 saturated carbocycles. The molecular weight excluding hydrogens is 569 g/mol. The fourth-order valence-corrected chi connectivity index (χ4v) is 6.45. The van der Waals surface area contributed by atoms with Crippen LogP contribution in [0.2, 0.25) is 0 Å². The van der Waals surface area contributed by atoms with Crippen LogP contribution in [0, 0.1) is 6.92 Å². The number of aryl methyl sites for hydroxylation is 4. The molecule has 4 aromatic rings. The van der Waals surface area contributed by atoms with Gasteiger partial charge in [-0.25, -0.2) is 0 Å². The van der Waals surface area contributed by atoms with E-state index in [1.165, 1.54) is 5.56 Å². The first-order chi connectivity index (χ1) is 20.7. The average molecular weight is 610 g/mol. The van der Waals surface area contributed by atoms with Crippen molar-refractivity contribution < 1.29 is 33.0 Å². The standard InChI is InChI=1S/C32H40N3O7P/c1-4-41-43(38,42-5-2)19-18-39-16-17-40-26-12-7-23(22(3)20-26)6-10-25-11-13-27-29(35-25)21-34-32-24(9-15-30(36)37)8-14-28(33)31(27)32/h7-8,11-14,20-21H,4-6,9-10,15-19,33H2,1-3H3,(H,36,37). The lowest BCUT2D eigenvalue weighted by molar-refractivity contribution is -0.136.